The summed E-state index contributed by atoms with van der Waals surface area (Å²) in [6.07, 6.45) is 5.12. The Morgan fingerprint density at radius 2 is 2.24 bits per heavy atom. The lowest BCUT2D eigenvalue weighted by molar-refractivity contribution is -0.144. The quantitative estimate of drug-likeness (QED) is 0.556. The molecule has 0 aromatic carbocycles. The standard InChI is InChI=1S/C11H18O5S/c1-3-15-11(12)8-9-4-6-10(7-5-9)16-17(2,13)14/h6,9H,3-5,7-8H2,1-2H3. The van der Waals surface area contributed by atoms with Gasteiger partial charge in [-0.15, -0.1) is 0 Å². The minimum atomic E-state index is -3.43. The molecule has 0 heterocycles. The molecule has 17 heavy (non-hydrogen) atoms. The van der Waals surface area contributed by atoms with Crippen LogP contribution in [0.15, 0.2) is 11.8 Å². The van der Waals surface area contributed by atoms with Gasteiger partial charge in [0.25, 0.3) is 0 Å². The molecule has 0 fully saturated rings. The number of ether oxygens (including phenoxy) is 1. The largest absolute Gasteiger partial charge is 0.466 e. The fourth-order valence-corrected chi connectivity index (χ4v) is 2.32. The van der Waals surface area contributed by atoms with Crippen molar-refractivity contribution in [3.63, 3.8) is 0 Å². The van der Waals surface area contributed by atoms with E-state index in [1.807, 2.05) is 0 Å². The highest BCUT2D eigenvalue weighted by molar-refractivity contribution is 7.86. The van der Waals surface area contributed by atoms with Crippen LogP contribution in [0, 0.1) is 5.92 Å². The van der Waals surface area contributed by atoms with E-state index in [2.05, 4.69) is 0 Å². The Bertz CT molecular complexity index is 396. The summed E-state index contributed by atoms with van der Waals surface area (Å²) in [5, 5.41) is 0. The molecular formula is C11H18O5S. The van der Waals surface area contributed by atoms with Crippen LogP contribution in [0.4, 0.5) is 0 Å². The number of allylic oxidation sites excluding steroid dienone is 2. The maximum absolute atomic E-state index is 11.3. The molecule has 0 saturated heterocycles. The predicted molar refractivity (Wildman–Crippen MR) is 62.6 cm³/mol. The Morgan fingerprint density at radius 3 is 2.71 bits per heavy atom. The van der Waals surface area contributed by atoms with Crippen molar-refractivity contribution in [3.8, 4) is 0 Å². The zero-order valence-electron chi connectivity index (χ0n) is 10.1. The van der Waals surface area contributed by atoms with Gasteiger partial charge in [0.15, 0.2) is 0 Å². The van der Waals surface area contributed by atoms with Gasteiger partial charge in [-0.1, -0.05) is 0 Å². The number of carbonyl (C=O) groups excluding carboxylic acids is 1. The first-order chi connectivity index (χ1) is 7.90. The lowest BCUT2D eigenvalue weighted by Gasteiger charge is -2.20. The first-order valence-corrected chi connectivity index (χ1v) is 7.46. The van der Waals surface area contributed by atoms with E-state index in [1.54, 1.807) is 13.0 Å². The molecule has 0 saturated carbocycles. The molecule has 1 aliphatic rings. The molecule has 0 N–H and O–H groups in total. The zero-order valence-corrected chi connectivity index (χ0v) is 11.0. The summed E-state index contributed by atoms with van der Waals surface area (Å²) in [5.74, 6) is 0.506. The van der Waals surface area contributed by atoms with Gasteiger partial charge in [0.1, 0.15) is 5.76 Å². The molecule has 0 bridgehead atoms. The molecule has 0 aliphatic heterocycles. The van der Waals surface area contributed by atoms with Crippen molar-refractivity contribution < 1.29 is 22.1 Å². The van der Waals surface area contributed by atoms with Crippen molar-refractivity contribution in [1.29, 1.82) is 0 Å². The molecule has 1 rings (SSSR count). The van der Waals surface area contributed by atoms with E-state index in [0.29, 0.717) is 31.6 Å². The second-order valence-corrected chi connectivity index (χ2v) is 5.68. The third-order valence-electron chi connectivity index (χ3n) is 2.50. The van der Waals surface area contributed by atoms with Crippen molar-refractivity contribution in [2.24, 2.45) is 5.92 Å². The first kappa shape index (κ1) is 14.0. The van der Waals surface area contributed by atoms with Crippen LogP contribution < -0.4 is 0 Å². The molecule has 6 heteroatoms. The molecule has 0 aromatic heterocycles. The summed E-state index contributed by atoms with van der Waals surface area (Å²) < 4.78 is 31.5. The fraction of sp³-hybridized carbons (Fsp3) is 0.727. The third-order valence-corrected chi connectivity index (χ3v) is 3.01. The second kappa shape index (κ2) is 6.05. The maximum Gasteiger partial charge on any atom is 0.306 e. The average Bonchev–Trinajstić information content (AvgIpc) is 2.19. The van der Waals surface area contributed by atoms with Gasteiger partial charge in [-0.3, -0.25) is 4.79 Å². The molecule has 0 aromatic rings. The van der Waals surface area contributed by atoms with E-state index < -0.39 is 10.1 Å². The van der Waals surface area contributed by atoms with Crippen LogP contribution in [0.25, 0.3) is 0 Å². The van der Waals surface area contributed by atoms with E-state index >= 15 is 0 Å². The highest BCUT2D eigenvalue weighted by atomic mass is 32.2. The van der Waals surface area contributed by atoms with Crippen LogP contribution in [0.2, 0.25) is 0 Å². The molecule has 1 unspecified atom stereocenters. The normalized spacial score (nSPS) is 20.6. The SMILES string of the molecule is CCOC(=O)CC1CC=C(OS(C)(=O)=O)CC1. The number of rotatable bonds is 5. The summed E-state index contributed by atoms with van der Waals surface area (Å²) in [6, 6.07) is 0. The van der Waals surface area contributed by atoms with E-state index in [1.165, 1.54) is 0 Å². The molecular weight excluding hydrogens is 244 g/mol. The van der Waals surface area contributed by atoms with E-state index in [9.17, 15) is 13.2 Å². The summed E-state index contributed by atoms with van der Waals surface area (Å²) in [5.41, 5.74) is 0. The summed E-state index contributed by atoms with van der Waals surface area (Å²) >= 11 is 0. The van der Waals surface area contributed by atoms with Gasteiger partial charge in [0.05, 0.1) is 12.9 Å². The van der Waals surface area contributed by atoms with Crippen LogP contribution in [0.3, 0.4) is 0 Å². The Kier molecular flexibility index (Phi) is 4.99. The zero-order chi connectivity index (χ0) is 12.9. The van der Waals surface area contributed by atoms with E-state index in [4.69, 9.17) is 8.92 Å². The highest BCUT2D eigenvalue weighted by Gasteiger charge is 2.20. The molecule has 0 spiro atoms. The Labute approximate surface area is 102 Å². The van der Waals surface area contributed by atoms with Gasteiger partial charge < -0.3 is 8.92 Å². The van der Waals surface area contributed by atoms with Gasteiger partial charge in [-0.25, -0.2) is 0 Å². The third kappa shape index (κ3) is 5.72. The van der Waals surface area contributed by atoms with Crippen LogP contribution in [-0.4, -0.2) is 27.2 Å². The van der Waals surface area contributed by atoms with Gasteiger partial charge in [0, 0.05) is 12.8 Å². The number of esters is 1. The smallest absolute Gasteiger partial charge is 0.306 e. The lowest BCUT2D eigenvalue weighted by atomic mass is 9.91. The Morgan fingerprint density at radius 1 is 1.53 bits per heavy atom. The van der Waals surface area contributed by atoms with Crippen molar-refractivity contribution in [2.45, 2.75) is 32.6 Å². The number of hydrogen-bond acceptors (Lipinski definition) is 5. The summed E-state index contributed by atoms with van der Waals surface area (Å²) in [4.78, 5) is 11.3. The second-order valence-electron chi connectivity index (χ2n) is 4.11. The average molecular weight is 262 g/mol. The Balaban J connectivity index is 2.41. The van der Waals surface area contributed by atoms with Gasteiger partial charge in [0.2, 0.25) is 0 Å². The van der Waals surface area contributed by atoms with Gasteiger partial charge in [-0.2, -0.15) is 8.42 Å². The monoisotopic (exact) mass is 262 g/mol. The topological polar surface area (TPSA) is 69.7 Å². The van der Waals surface area contributed by atoms with Crippen LogP contribution in [0.5, 0.6) is 0 Å². The van der Waals surface area contributed by atoms with Crippen LogP contribution in [-0.2, 0) is 23.8 Å². The highest BCUT2D eigenvalue weighted by Crippen LogP contribution is 2.27. The molecule has 0 radical (unpaired) electrons. The van der Waals surface area contributed by atoms with Crippen molar-refractivity contribution >= 4 is 16.1 Å². The summed E-state index contributed by atoms with van der Waals surface area (Å²) in [7, 11) is -3.43. The number of carbonyl (C=O) groups is 1. The minimum absolute atomic E-state index is 0.196. The minimum Gasteiger partial charge on any atom is -0.466 e. The van der Waals surface area contributed by atoms with Crippen LogP contribution >= 0.6 is 0 Å². The first-order valence-electron chi connectivity index (χ1n) is 5.65. The number of hydrogen-bond donors (Lipinski definition) is 0. The molecule has 0 amide bonds. The van der Waals surface area contributed by atoms with Crippen molar-refractivity contribution in [1.82, 2.24) is 0 Å². The van der Waals surface area contributed by atoms with E-state index in [-0.39, 0.29) is 11.9 Å². The van der Waals surface area contributed by atoms with Crippen molar-refractivity contribution in [3.05, 3.63) is 11.8 Å². The predicted octanol–water partition coefficient (Wildman–Crippen LogP) is 1.60. The fourth-order valence-electron chi connectivity index (χ4n) is 1.78. The summed E-state index contributed by atoms with van der Waals surface area (Å²) in [6.45, 7) is 2.17. The van der Waals surface area contributed by atoms with Crippen LogP contribution in [0.1, 0.15) is 32.6 Å². The van der Waals surface area contributed by atoms with E-state index in [0.717, 1.165) is 12.7 Å². The maximum atomic E-state index is 11.3. The van der Waals surface area contributed by atoms with Gasteiger partial charge >= 0.3 is 16.1 Å². The Hall–Kier alpha value is -1.04. The van der Waals surface area contributed by atoms with Gasteiger partial charge in [-0.05, 0) is 31.8 Å². The molecule has 1 atom stereocenters. The lowest BCUT2D eigenvalue weighted by Crippen LogP contribution is -2.15. The molecule has 98 valence electrons. The van der Waals surface area contributed by atoms with Crippen molar-refractivity contribution in [2.75, 3.05) is 12.9 Å². The molecule has 5 nitrogen and oxygen atoms in total. The molecule has 1 aliphatic carbocycles.